The maximum absolute atomic E-state index is 13.3. The predicted molar refractivity (Wildman–Crippen MR) is 163 cm³/mol. The zero-order valence-corrected chi connectivity index (χ0v) is 23.2. The minimum Gasteiger partial charge on any atom is -0.366 e. The molecule has 4 aromatic carbocycles. The molecule has 0 saturated heterocycles. The van der Waals surface area contributed by atoms with Crippen LogP contribution in [-0.4, -0.2) is 29.4 Å². The summed E-state index contributed by atoms with van der Waals surface area (Å²) in [6, 6.07) is 28.8. The Morgan fingerprint density at radius 3 is 2.24 bits per heavy atom. The number of hydrogen-bond donors (Lipinski definition) is 4. The predicted octanol–water partition coefficient (Wildman–Crippen LogP) is 5.58. The molecule has 0 radical (unpaired) electrons. The monoisotopic (exact) mass is 584 g/mol. The van der Waals surface area contributed by atoms with Gasteiger partial charge in [-0.2, -0.15) is 0 Å². The van der Waals surface area contributed by atoms with Crippen LogP contribution in [0.4, 0.5) is 11.4 Å². The lowest BCUT2D eigenvalue weighted by Crippen LogP contribution is -2.30. The van der Waals surface area contributed by atoms with Crippen molar-refractivity contribution < 1.29 is 19.2 Å². The van der Waals surface area contributed by atoms with Gasteiger partial charge in [-0.05, 0) is 66.2 Å². The van der Waals surface area contributed by atoms with Crippen molar-refractivity contribution in [2.75, 3.05) is 16.4 Å². The van der Waals surface area contributed by atoms with Gasteiger partial charge in [-0.1, -0.05) is 60.1 Å². The molecule has 41 heavy (non-hydrogen) atoms. The molecule has 4 rings (SSSR count). The molecule has 5 N–H and O–H groups in total. The van der Waals surface area contributed by atoms with Gasteiger partial charge in [0, 0.05) is 21.2 Å². The molecule has 0 unspecified atom stereocenters. The maximum atomic E-state index is 13.3. The first-order chi connectivity index (χ1) is 19.8. The molecular formula is C31H25ClN4O4S. The van der Waals surface area contributed by atoms with Gasteiger partial charge in [-0.25, -0.2) is 0 Å². The highest BCUT2D eigenvalue weighted by Crippen LogP contribution is 2.23. The molecule has 0 aliphatic carbocycles. The van der Waals surface area contributed by atoms with Crippen molar-refractivity contribution in [3.8, 4) is 0 Å². The van der Waals surface area contributed by atoms with E-state index in [9.17, 15) is 19.2 Å². The number of nitrogens with one attached hydrogen (secondary N) is 3. The summed E-state index contributed by atoms with van der Waals surface area (Å²) >= 11 is 7.23. The van der Waals surface area contributed by atoms with Gasteiger partial charge >= 0.3 is 0 Å². The van der Waals surface area contributed by atoms with E-state index in [1.807, 2.05) is 0 Å². The van der Waals surface area contributed by atoms with Gasteiger partial charge < -0.3 is 21.7 Å². The molecule has 10 heteroatoms. The third-order valence-electron chi connectivity index (χ3n) is 5.64. The fourth-order valence-electron chi connectivity index (χ4n) is 3.67. The number of carbonyl (C=O) groups is 4. The molecule has 0 aromatic heterocycles. The molecule has 4 aromatic rings. The zero-order chi connectivity index (χ0) is 29.2. The molecule has 0 saturated carbocycles. The molecule has 206 valence electrons. The number of benzene rings is 4. The molecule has 4 amide bonds. The third kappa shape index (κ3) is 8.56. The first kappa shape index (κ1) is 29.1. The Labute approximate surface area is 246 Å². The van der Waals surface area contributed by atoms with Crippen LogP contribution in [0.15, 0.2) is 114 Å². The molecule has 0 fully saturated rings. The minimum absolute atomic E-state index is 0.0340. The van der Waals surface area contributed by atoms with Crippen molar-refractivity contribution in [2.45, 2.75) is 4.90 Å². The van der Waals surface area contributed by atoms with E-state index in [1.54, 1.807) is 103 Å². The highest BCUT2D eigenvalue weighted by atomic mass is 35.5. The number of rotatable bonds is 10. The summed E-state index contributed by atoms with van der Waals surface area (Å²) in [5.41, 5.74) is 7.50. The first-order valence-corrected chi connectivity index (χ1v) is 13.7. The van der Waals surface area contributed by atoms with Crippen molar-refractivity contribution in [3.63, 3.8) is 0 Å². The SMILES string of the molecule is NC(=O)c1ccccc1NC(=O)CSc1cccc(NC(=O)/C(=C\c2ccc(Cl)cc2)NC(=O)c2ccccc2)c1. The van der Waals surface area contributed by atoms with Crippen LogP contribution < -0.4 is 21.7 Å². The van der Waals surface area contributed by atoms with Crippen LogP contribution in [0.25, 0.3) is 6.08 Å². The number of nitrogens with two attached hydrogens (primary N) is 1. The molecule has 0 aliphatic rings. The highest BCUT2D eigenvalue weighted by Gasteiger charge is 2.16. The summed E-state index contributed by atoms with van der Waals surface area (Å²) in [5, 5.41) is 8.74. The van der Waals surface area contributed by atoms with Crippen molar-refractivity contribution in [1.29, 1.82) is 0 Å². The van der Waals surface area contributed by atoms with E-state index in [0.717, 1.165) is 4.90 Å². The van der Waals surface area contributed by atoms with Gasteiger partial charge in [0.05, 0.1) is 17.0 Å². The number of amides is 4. The van der Waals surface area contributed by atoms with Crippen molar-refractivity contribution in [1.82, 2.24) is 5.32 Å². The summed E-state index contributed by atoms with van der Waals surface area (Å²) in [6.07, 6.45) is 1.55. The van der Waals surface area contributed by atoms with Crippen LogP contribution in [0.3, 0.4) is 0 Å². The molecular weight excluding hydrogens is 560 g/mol. The van der Waals surface area contributed by atoms with E-state index < -0.39 is 17.7 Å². The molecule has 8 nitrogen and oxygen atoms in total. The standard InChI is InChI=1S/C31H25ClN4O4S/c32-22-15-13-20(14-16-22)17-27(36-30(39)21-7-2-1-3-8-21)31(40)34-23-9-6-10-24(18-23)41-19-28(37)35-26-12-5-4-11-25(26)29(33)38/h1-18H,19H2,(H2,33,38)(H,34,40)(H,35,37)(H,36,39)/b27-17+. The number of carbonyl (C=O) groups excluding carboxylic acids is 4. The number of anilines is 2. The summed E-state index contributed by atoms with van der Waals surface area (Å²) in [6.45, 7) is 0. The van der Waals surface area contributed by atoms with E-state index in [-0.39, 0.29) is 22.9 Å². The van der Waals surface area contributed by atoms with Crippen LogP contribution in [-0.2, 0) is 9.59 Å². The van der Waals surface area contributed by atoms with Gasteiger partial charge in [-0.15, -0.1) is 11.8 Å². The normalized spacial score (nSPS) is 10.9. The Kier molecular flexibility index (Phi) is 9.93. The second-order valence-electron chi connectivity index (χ2n) is 8.66. The fraction of sp³-hybridized carbons (Fsp3) is 0.0323. The number of thioether (sulfide) groups is 1. The quantitative estimate of drug-likeness (QED) is 0.143. The van der Waals surface area contributed by atoms with E-state index in [2.05, 4.69) is 16.0 Å². The van der Waals surface area contributed by atoms with Crippen molar-refractivity contribution in [2.24, 2.45) is 5.73 Å². The summed E-state index contributed by atoms with van der Waals surface area (Å²) in [5.74, 6) is -1.88. The molecule has 0 atom stereocenters. The molecule has 0 aliphatic heterocycles. The maximum Gasteiger partial charge on any atom is 0.272 e. The third-order valence-corrected chi connectivity index (χ3v) is 6.88. The molecule has 0 heterocycles. The lowest BCUT2D eigenvalue weighted by atomic mass is 10.1. The average Bonchev–Trinajstić information content (AvgIpc) is 2.97. The second kappa shape index (κ2) is 14.0. The van der Waals surface area contributed by atoms with Gasteiger partial charge in [0.15, 0.2) is 0 Å². The molecule has 0 bridgehead atoms. The summed E-state index contributed by atoms with van der Waals surface area (Å²) in [4.78, 5) is 51.0. The van der Waals surface area contributed by atoms with E-state index in [1.165, 1.54) is 17.8 Å². The smallest absolute Gasteiger partial charge is 0.272 e. The highest BCUT2D eigenvalue weighted by molar-refractivity contribution is 8.00. The van der Waals surface area contributed by atoms with Crippen LogP contribution >= 0.6 is 23.4 Å². The zero-order valence-electron chi connectivity index (χ0n) is 21.6. The Morgan fingerprint density at radius 2 is 1.51 bits per heavy atom. The number of halogens is 1. The van der Waals surface area contributed by atoms with Gasteiger partial charge in [-0.3, -0.25) is 19.2 Å². The van der Waals surface area contributed by atoms with Gasteiger partial charge in [0.2, 0.25) is 5.91 Å². The largest absolute Gasteiger partial charge is 0.366 e. The topological polar surface area (TPSA) is 130 Å². The number of hydrogen-bond acceptors (Lipinski definition) is 5. The molecule has 0 spiro atoms. The number of primary amides is 1. The Balaban J connectivity index is 1.45. The fourth-order valence-corrected chi connectivity index (χ4v) is 4.55. The van der Waals surface area contributed by atoms with Crippen LogP contribution in [0.5, 0.6) is 0 Å². The second-order valence-corrected chi connectivity index (χ2v) is 10.1. The van der Waals surface area contributed by atoms with Crippen LogP contribution in [0, 0.1) is 0 Å². The Bertz CT molecular complexity index is 1610. The summed E-state index contributed by atoms with van der Waals surface area (Å²) in [7, 11) is 0. The Morgan fingerprint density at radius 1 is 0.805 bits per heavy atom. The van der Waals surface area contributed by atoms with Crippen molar-refractivity contribution >= 4 is 64.4 Å². The summed E-state index contributed by atoms with van der Waals surface area (Å²) < 4.78 is 0. The van der Waals surface area contributed by atoms with Gasteiger partial charge in [0.25, 0.3) is 17.7 Å². The van der Waals surface area contributed by atoms with Crippen LogP contribution in [0.2, 0.25) is 5.02 Å². The lowest BCUT2D eigenvalue weighted by Gasteiger charge is -2.12. The lowest BCUT2D eigenvalue weighted by molar-refractivity contribution is -0.114. The minimum atomic E-state index is -0.638. The van der Waals surface area contributed by atoms with E-state index in [0.29, 0.717) is 27.5 Å². The average molecular weight is 585 g/mol. The van der Waals surface area contributed by atoms with E-state index >= 15 is 0 Å². The van der Waals surface area contributed by atoms with Gasteiger partial charge in [0.1, 0.15) is 5.70 Å². The van der Waals surface area contributed by atoms with Crippen molar-refractivity contribution in [3.05, 3.63) is 131 Å². The van der Waals surface area contributed by atoms with Crippen LogP contribution in [0.1, 0.15) is 26.3 Å². The first-order valence-electron chi connectivity index (χ1n) is 12.3. The Hall–Kier alpha value is -4.86. The number of para-hydroxylation sites is 1. The van der Waals surface area contributed by atoms with E-state index in [4.69, 9.17) is 17.3 Å².